The number of anilines is 2. The maximum absolute atomic E-state index is 5.37. The Morgan fingerprint density at radius 3 is 1.71 bits per heavy atom. The van der Waals surface area contributed by atoms with Gasteiger partial charge in [0, 0.05) is 46.6 Å². The SMILES string of the molecule is COCOc1ccc(N(C)c2ccc(OC)cc2)cc1.[W]. The van der Waals surface area contributed by atoms with Gasteiger partial charge in [-0.25, -0.2) is 0 Å². The van der Waals surface area contributed by atoms with Crippen molar-refractivity contribution in [1.82, 2.24) is 0 Å². The number of rotatable bonds is 6. The third-order valence-electron chi connectivity index (χ3n) is 3.03. The van der Waals surface area contributed by atoms with Gasteiger partial charge >= 0.3 is 0 Å². The van der Waals surface area contributed by atoms with Gasteiger partial charge in [0.2, 0.25) is 0 Å². The van der Waals surface area contributed by atoms with E-state index in [1.165, 1.54) is 0 Å². The summed E-state index contributed by atoms with van der Waals surface area (Å²) in [5.74, 6) is 1.64. The van der Waals surface area contributed by atoms with Crippen LogP contribution in [0, 0.1) is 0 Å². The average molecular weight is 457 g/mol. The van der Waals surface area contributed by atoms with Gasteiger partial charge in [0.05, 0.1) is 7.11 Å². The van der Waals surface area contributed by atoms with Crippen molar-refractivity contribution in [3.8, 4) is 11.5 Å². The minimum Gasteiger partial charge on any atom is -0.497 e. The molecule has 4 nitrogen and oxygen atoms in total. The van der Waals surface area contributed by atoms with Gasteiger partial charge in [0.15, 0.2) is 6.79 Å². The number of methoxy groups -OCH3 is 2. The number of benzene rings is 2. The van der Waals surface area contributed by atoms with Crippen LogP contribution in [0.2, 0.25) is 0 Å². The van der Waals surface area contributed by atoms with Crippen molar-refractivity contribution >= 4 is 11.4 Å². The van der Waals surface area contributed by atoms with Gasteiger partial charge in [-0.2, -0.15) is 0 Å². The topological polar surface area (TPSA) is 30.9 Å². The van der Waals surface area contributed by atoms with Crippen molar-refractivity contribution in [1.29, 1.82) is 0 Å². The summed E-state index contributed by atoms with van der Waals surface area (Å²) in [5, 5.41) is 0. The molecule has 5 heteroatoms. The molecule has 0 atom stereocenters. The first-order chi connectivity index (χ1) is 9.74. The molecule has 21 heavy (non-hydrogen) atoms. The fraction of sp³-hybridized carbons (Fsp3) is 0.250. The predicted molar refractivity (Wildman–Crippen MR) is 80.0 cm³/mol. The fourth-order valence-corrected chi connectivity index (χ4v) is 1.85. The molecule has 0 spiro atoms. The summed E-state index contributed by atoms with van der Waals surface area (Å²) < 4.78 is 15.4. The van der Waals surface area contributed by atoms with Gasteiger partial charge in [-0.05, 0) is 48.5 Å². The van der Waals surface area contributed by atoms with Crippen LogP contribution in [0.25, 0.3) is 0 Å². The minimum atomic E-state index is 0. The monoisotopic (exact) mass is 457 g/mol. The molecule has 2 aromatic carbocycles. The molecule has 0 aliphatic carbocycles. The summed E-state index contributed by atoms with van der Waals surface area (Å²) in [5.41, 5.74) is 2.18. The molecule has 0 saturated heterocycles. The Bertz CT molecular complexity index is 528. The Hall–Kier alpha value is -1.51. The summed E-state index contributed by atoms with van der Waals surface area (Å²) in [7, 11) is 5.29. The van der Waals surface area contributed by atoms with Crippen molar-refractivity contribution < 1.29 is 35.3 Å². The zero-order valence-corrected chi connectivity index (χ0v) is 15.3. The van der Waals surface area contributed by atoms with Gasteiger partial charge < -0.3 is 19.1 Å². The number of nitrogens with zero attached hydrogens (tertiary/aromatic N) is 1. The van der Waals surface area contributed by atoms with E-state index < -0.39 is 0 Å². The molecule has 0 aliphatic rings. The van der Waals surface area contributed by atoms with Crippen LogP contribution in [-0.4, -0.2) is 28.1 Å². The first-order valence-corrected chi connectivity index (χ1v) is 6.34. The van der Waals surface area contributed by atoms with E-state index in [1.54, 1.807) is 14.2 Å². The van der Waals surface area contributed by atoms with Crippen molar-refractivity contribution in [2.75, 3.05) is 33.0 Å². The molecular formula is C16H19NO3W. The molecule has 0 bridgehead atoms. The molecule has 0 heterocycles. The number of ether oxygens (including phenoxy) is 3. The predicted octanol–water partition coefficient (Wildman–Crippen LogP) is 3.44. The quantitative estimate of drug-likeness (QED) is 0.623. The zero-order valence-electron chi connectivity index (χ0n) is 12.4. The van der Waals surface area contributed by atoms with E-state index >= 15 is 0 Å². The van der Waals surface area contributed by atoms with Crippen LogP contribution in [-0.2, 0) is 25.8 Å². The van der Waals surface area contributed by atoms with Crippen molar-refractivity contribution in [2.24, 2.45) is 0 Å². The maximum Gasteiger partial charge on any atom is 0.188 e. The second-order valence-electron chi connectivity index (χ2n) is 4.30. The summed E-state index contributed by atoms with van der Waals surface area (Å²) in [4.78, 5) is 2.10. The number of hydrogen-bond donors (Lipinski definition) is 0. The average Bonchev–Trinajstić information content (AvgIpc) is 2.53. The molecule has 0 N–H and O–H groups in total. The molecule has 2 aromatic rings. The van der Waals surface area contributed by atoms with E-state index in [1.807, 2.05) is 55.6 Å². The van der Waals surface area contributed by atoms with Crippen LogP contribution >= 0.6 is 0 Å². The van der Waals surface area contributed by atoms with E-state index in [9.17, 15) is 0 Å². The molecule has 112 valence electrons. The molecule has 0 unspecified atom stereocenters. The molecular weight excluding hydrogens is 438 g/mol. The van der Waals surface area contributed by atoms with Gasteiger partial charge in [-0.3, -0.25) is 0 Å². The Morgan fingerprint density at radius 2 is 1.29 bits per heavy atom. The first kappa shape index (κ1) is 17.5. The molecule has 0 saturated carbocycles. The van der Waals surface area contributed by atoms with E-state index in [4.69, 9.17) is 14.2 Å². The zero-order chi connectivity index (χ0) is 14.4. The maximum atomic E-state index is 5.37. The van der Waals surface area contributed by atoms with Gasteiger partial charge in [-0.15, -0.1) is 0 Å². The van der Waals surface area contributed by atoms with E-state index in [2.05, 4.69) is 4.90 Å². The standard InChI is InChI=1S/C16H19NO3.W/c1-17(13-4-8-15(19-3)9-5-13)14-6-10-16(11-7-14)20-12-18-2;/h4-11H,12H2,1-3H3;. The van der Waals surface area contributed by atoms with Crippen LogP contribution in [0.15, 0.2) is 48.5 Å². The number of hydrogen-bond acceptors (Lipinski definition) is 4. The molecule has 0 aliphatic heterocycles. The third-order valence-corrected chi connectivity index (χ3v) is 3.03. The largest absolute Gasteiger partial charge is 0.497 e. The summed E-state index contributed by atoms with van der Waals surface area (Å²) >= 11 is 0. The first-order valence-electron chi connectivity index (χ1n) is 6.34. The van der Waals surface area contributed by atoms with Crippen molar-refractivity contribution in [2.45, 2.75) is 0 Å². The molecule has 0 aromatic heterocycles. The Balaban J connectivity index is 0.00000220. The van der Waals surface area contributed by atoms with Gasteiger partial charge in [0.1, 0.15) is 11.5 Å². The van der Waals surface area contributed by atoms with Crippen molar-refractivity contribution in [3.05, 3.63) is 48.5 Å². The Labute approximate surface area is 139 Å². The molecule has 0 fully saturated rings. The van der Waals surface area contributed by atoms with Gasteiger partial charge in [-0.1, -0.05) is 0 Å². The van der Waals surface area contributed by atoms with Crippen LogP contribution in [0.1, 0.15) is 0 Å². The van der Waals surface area contributed by atoms with E-state index in [0.29, 0.717) is 0 Å². The fourth-order valence-electron chi connectivity index (χ4n) is 1.85. The molecule has 0 radical (unpaired) electrons. The van der Waals surface area contributed by atoms with Crippen LogP contribution in [0.3, 0.4) is 0 Å². The second-order valence-corrected chi connectivity index (χ2v) is 4.30. The normalized spacial score (nSPS) is 9.67. The third kappa shape index (κ3) is 4.76. The second kappa shape index (κ2) is 8.70. The minimum absolute atomic E-state index is 0. The molecule has 0 amide bonds. The van der Waals surface area contributed by atoms with Crippen LogP contribution < -0.4 is 14.4 Å². The molecule has 2 rings (SSSR count). The van der Waals surface area contributed by atoms with Gasteiger partial charge in [0.25, 0.3) is 0 Å². The van der Waals surface area contributed by atoms with E-state index in [-0.39, 0.29) is 27.9 Å². The Kier molecular flexibility index (Phi) is 7.27. The summed E-state index contributed by atoms with van der Waals surface area (Å²) in [6, 6.07) is 15.8. The van der Waals surface area contributed by atoms with Crippen molar-refractivity contribution in [3.63, 3.8) is 0 Å². The van der Waals surface area contributed by atoms with Crippen LogP contribution in [0.5, 0.6) is 11.5 Å². The Morgan fingerprint density at radius 1 is 0.810 bits per heavy atom. The summed E-state index contributed by atoms with van der Waals surface area (Å²) in [6.07, 6.45) is 0. The smallest absolute Gasteiger partial charge is 0.188 e. The van der Waals surface area contributed by atoms with Crippen LogP contribution in [0.4, 0.5) is 11.4 Å². The van der Waals surface area contributed by atoms with E-state index in [0.717, 1.165) is 22.9 Å². The summed E-state index contributed by atoms with van der Waals surface area (Å²) in [6.45, 7) is 0.258.